The number of aliphatic hydroxyl groups excluding tert-OH is 6. The minimum absolute atomic E-state index is 0.0723. The SMILES string of the molecule is [C-]#[N+]C[C@@H](O)[C@@H]1NC(=O)[C@H]([C@H](O)Cc2ccc(O)c(OSOOO)c2)NC(=O)[C@@H]2C[C@H](O)CN2C(=O)[C@H]([C@H](C)O)NC(=O)[C@@H](NC(=O)c2ccc(N3CCN(c4ccc(OCCCCCCOC)cc4)CC3)cc2)C[C@H](O)CNC(=O)[C@@H]2[C@@H](O)[C@H](C)CN2C1=O. The monoisotopic (exact) mass is 1280 g/mol. The number of carbonyl (C=O) groups excluding carboxylic acids is 7. The lowest BCUT2D eigenvalue weighted by atomic mass is 9.99. The molecule has 3 aromatic carbocycles. The standard InChI is InChI=1S/C59H80N10O20S/c1-33-31-69-51(52(33)76)57(81)61-29-39(71)27-42(62-53(77)36-10-12-37(13-11-36)66-19-21-67(22-20-66)38-14-16-41(17-15-38)86-24-8-6-5-7-23-85-4)54(78)63-48(34(2)70)58(82)68-32-40(72)28-43(68)55(79)64-49(56(80)65-50(59(69)83)46(75)30-60-3)45(74)25-35-9-18-44(73)47(26-35)87-90-89-88-84/h9-18,26,33-34,39-40,42-43,45-46,48-52,70-76,84H,5-8,19-25,27-32H2,1-2,4H3,(H,61,81)(H,62,77)(H,63,78)(H,64,79)(H,65,80)/t33-,34+,39+,40+,42+,43+,45-,46-,48+,49+,50+,51+,52+/m1/s1. The van der Waals surface area contributed by atoms with Crippen LogP contribution in [0.25, 0.3) is 4.85 Å². The van der Waals surface area contributed by atoms with Gasteiger partial charge in [-0.3, -0.25) is 33.6 Å². The van der Waals surface area contributed by atoms with Crippen LogP contribution in [0.2, 0.25) is 0 Å². The average molecular weight is 1280 g/mol. The van der Waals surface area contributed by atoms with Crippen molar-refractivity contribution in [3.8, 4) is 17.2 Å². The van der Waals surface area contributed by atoms with Crippen molar-refractivity contribution in [1.29, 1.82) is 0 Å². The van der Waals surface area contributed by atoms with Gasteiger partial charge in [-0.05, 0) is 92.4 Å². The molecule has 30 nitrogen and oxygen atoms in total. The molecule has 0 aliphatic carbocycles. The van der Waals surface area contributed by atoms with E-state index in [4.69, 9.17) is 25.5 Å². The number of amides is 7. The first-order valence-corrected chi connectivity index (χ1v) is 30.3. The molecule has 4 saturated heterocycles. The lowest BCUT2D eigenvalue weighted by Crippen LogP contribution is -2.64. The molecule has 0 bridgehead atoms. The van der Waals surface area contributed by atoms with Crippen LogP contribution in [-0.2, 0) is 49.3 Å². The number of phenolic OH excluding ortho intramolecular Hbond substituents is 1. The summed E-state index contributed by atoms with van der Waals surface area (Å²) in [5, 5.41) is 103. The highest BCUT2D eigenvalue weighted by Gasteiger charge is 2.50. The quantitative estimate of drug-likeness (QED) is 0.0180. The molecule has 0 spiro atoms. The van der Waals surface area contributed by atoms with E-state index in [-0.39, 0.29) is 35.7 Å². The summed E-state index contributed by atoms with van der Waals surface area (Å²) in [4.78, 5) is 110. The molecule has 492 valence electrons. The Balaban J connectivity index is 1.12. The second-order valence-electron chi connectivity index (χ2n) is 22.7. The third-order valence-corrected chi connectivity index (χ3v) is 16.5. The van der Waals surface area contributed by atoms with E-state index in [0.29, 0.717) is 32.8 Å². The van der Waals surface area contributed by atoms with E-state index in [0.717, 1.165) is 78.3 Å². The lowest BCUT2D eigenvalue weighted by molar-refractivity contribution is -0.433. The van der Waals surface area contributed by atoms with Crippen LogP contribution < -0.4 is 45.3 Å². The van der Waals surface area contributed by atoms with E-state index in [9.17, 15) is 69.3 Å². The van der Waals surface area contributed by atoms with Gasteiger partial charge in [0, 0.05) is 102 Å². The first-order chi connectivity index (χ1) is 43.1. The average Bonchev–Trinajstić information content (AvgIpc) is 1.75. The number of carbonyl (C=O) groups is 7. The molecule has 4 heterocycles. The van der Waals surface area contributed by atoms with E-state index in [1.54, 1.807) is 19.2 Å². The van der Waals surface area contributed by atoms with Crippen LogP contribution >= 0.6 is 12.3 Å². The minimum Gasteiger partial charge on any atom is -0.504 e. The molecule has 0 saturated carbocycles. The van der Waals surface area contributed by atoms with Crippen molar-refractivity contribution < 1.29 is 97.6 Å². The molecule has 0 unspecified atom stereocenters. The number of hydrogen-bond donors (Lipinski definition) is 13. The number of hydrogen-bond acceptors (Lipinski definition) is 23. The highest BCUT2D eigenvalue weighted by molar-refractivity contribution is 7.90. The zero-order valence-electron chi connectivity index (χ0n) is 50.0. The number of anilines is 2. The topological polar surface area (TPSA) is 405 Å². The molecule has 4 aliphatic rings. The summed E-state index contributed by atoms with van der Waals surface area (Å²) in [6.07, 6.45) is -8.06. The van der Waals surface area contributed by atoms with E-state index >= 15 is 0 Å². The van der Waals surface area contributed by atoms with Crippen LogP contribution in [0.5, 0.6) is 17.2 Å². The van der Waals surface area contributed by atoms with Crippen molar-refractivity contribution in [1.82, 2.24) is 36.4 Å². The summed E-state index contributed by atoms with van der Waals surface area (Å²) in [5.41, 5.74) is 2.05. The smallest absolute Gasteiger partial charge is 0.261 e. The normalized spacial score (nSPS) is 25.9. The summed E-state index contributed by atoms with van der Waals surface area (Å²) in [6, 6.07) is 6.74. The number of ether oxygens (including phenoxy) is 2. The molecular formula is C59H80N10O20S. The van der Waals surface area contributed by atoms with Gasteiger partial charge in [0.1, 0.15) is 42.0 Å². The van der Waals surface area contributed by atoms with Crippen LogP contribution in [0, 0.1) is 12.5 Å². The summed E-state index contributed by atoms with van der Waals surface area (Å²) >= 11 is 0.0723. The van der Waals surface area contributed by atoms with E-state index in [1.807, 2.05) is 24.3 Å². The molecule has 0 radical (unpaired) electrons. The fourth-order valence-electron chi connectivity index (χ4n) is 11.2. The van der Waals surface area contributed by atoms with Crippen LogP contribution in [0.1, 0.15) is 68.3 Å². The number of aromatic hydroxyl groups is 1. The van der Waals surface area contributed by atoms with E-state index in [2.05, 4.69) is 50.6 Å². The summed E-state index contributed by atoms with van der Waals surface area (Å²) in [5.74, 6) is -8.69. The minimum atomic E-state index is -2.14. The number of benzene rings is 3. The number of methoxy groups -OCH3 is 1. The summed E-state index contributed by atoms with van der Waals surface area (Å²) in [7, 11) is 1.70. The zero-order valence-corrected chi connectivity index (χ0v) is 50.8. The number of aliphatic hydroxyl groups is 6. The Kier molecular flexibility index (Phi) is 26.0. The molecule has 4 fully saturated rings. The Bertz CT molecular complexity index is 2960. The molecule has 7 amide bonds. The Morgan fingerprint density at radius 2 is 1.37 bits per heavy atom. The molecule has 4 aliphatic heterocycles. The van der Waals surface area contributed by atoms with Gasteiger partial charge in [0.05, 0.1) is 37.1 Å². The van der Waals surface area contributed by atoms with Gasteiger partial charge in [-0.2, -0.15) is 0 Å². The summed E-state index contributed by atoms with van der Waals surface area (Å²) in [6.45, 7) is 11.8. The van der Waals surface area contributed by atoms with Crippen molar-refractivity contribution in [3.63, 3.8) is 0 Å². The van der Waals surface area contributed by atoms with Gasteiger partial charge < -0.3 is 100 Å². The third-order valence-electron chi connectivity index (χ3n) is 16.2. The van der Waals surface area contributed by atoms with E-state index < -0.39 is 165 Å². The highest BCUT2D eigenvalue weighted by atomic mass is 32.2. The Morgan fingerprint density at radius 3 is 2.00 bits per heavy atom. The number of β-amino-alcohol motifs (C(OH)–C–C–N with tert-alkyl or cyclic N) is 1. The maximum absolute atomic E-state index is 14.6. The number of fused-ring (bicyclic) bond motifs is 2. The molecule has 13 atom stereocenters. The Labute approximate surface area is 523 Å². The molecule has 90 heavy (non-hydrogen) atoms. The molecular weight excluding hydrogens is 1200 g/mol. The van der Waals surface area contributed by atoms with Crippen LogP contribution in [0.3, 0.4) is 0 Å². The van der Waals surface area contributed by atoms with E-state index in [1.165, 1.54) is 25.1 Å². The van der Waals surface area contributed by atoms with Gasteiger partial charge in [0.2, 0.25) is 42.0 Å². The lowest BCUT2D eigenvalue weighted by Gasteiger charge is -2.37. The maximum Gasteiger partial charge on any atom is 0.261 e. The largest absolute Gasteiger partial charge is 0.504 e. The molecule has 13 N–H and O–H groups in total. The fourth-order valence-corrected chi connectivity index (χ4v) is 11.5. The molecule has 7 rings (SSSR count). The number of nitrogens with zero attached hydrogens (tertiary/aromatic N) is 5. The van der Waals surface area contributed by atoms with Crippen molar-refractivity contribution in [2.45, 2.75) is 132 Å². The molecule has 31 heteroatoms. The molecule has 0 aromatic heterocycles. The Morgan fingerprint density at radius 1 is 0.744 bits per heavy atom. The van der Waals surface area contributed by atoms with Crippen LogP contribution in [-0.4, -0.2) is 238 Å². The summed E-state index contributed by atoms with van der Waals surface area (Å²) < 4.78 is 20.4. The zero-order chi connectivity index (χ0) is 65.2. The van der Waals surface area contributed by atoms with Crippen molar-refractivity contribution >= 4 is 65.0 Å². The first kappa shape index (κ1) is 69.9. The number of piperazine rings is 1. The second kappa shape index (κ2) is 33.5. The number of unbranched alkanes of at least 4 members (excludes halogenated alkanes) is 3. The van der Waals surface area contributed by atoms with Crippen molar-refractivity contribution in [2.75, 3.05) is 82.5 Å². The number of rotatable bonds is 22. The van der Waals surface area contributed by atoms with Gasteiger partial charge in [0.25, 0.3) is 18.2 Å². The van der Waals surface area contributed by atoms with Crippen molar-refractivity contribution in [2.24, 2.45) is 5.92 Å². The van der Waals surface area contributed by atoms with Gasteiger partial charge in [-0.1, -0.05) is 28.8 Å². The predicted molar refractivity (Wildman–Crippen MR) is 321 cm³/mol. The third kappa shape index (κ3) is 18.5. The Hall–Kier alpha value is -7.61. The van der Waals surface area contributed by atoms with Gasteiger partial charge in [-0.15, -0.1) is 0 Å². The van der Waals surface area contributed by atoms with Crippen LogP contribution in [0.4, 0.5) is 11.4 Å². The first-order valence-electron chi connectivity index (χ1n) is 29.6. The van der Waals surface area contributed by atoms with Gasteiger partial charge >= 0.3 is 0 Å². The highest BCUT2D eigenvalue weighted by Crippen LogP contribution is 2.32. The second-order valence-corrected chi connectivity index (χ2v) is 23.1. The fraction of sp³-hybridized carbons (Fsp3) is 0.559. The van der Waals surface area contributed by atoms with Crippen molar-refractivity contribution in [3.05, 3.63) is 89.3 Å². The predicted octanol–water partition coefficient (Wildman–Crippen LogP) is -1.46. The van der Waals surface area contributed by atoms with Gasteiger partial charge in [-0.25, -0.2) is 11.8 Å². The number of nitrogens with one attached hydrogen (secondary N) is 5. The van der Waals surface area contributed by atoms with Gasteiger partial charge in [0.15, 0.2) is 17.6 Å². The number of phenols is 1. The maximum atomic E-state index is 14.6. The molecule has 3 aromatic rings. The van der Waals surface area contributed by atoms with Crippen LogP contribution in [0.15, 0.2) is 66.7 Å².